The molecule has 0 saturated carbocycles. The highest BCUT2D eigenvalue weighted by Gasteiger charge is 2.10. The lowest BCUT2D eigenvalue weighted by molar-refractivity contribution is 0.670. The molecule has 132 valence electrons. The second kappa shape index (κ2) is 8.15. The molecule has 4 rings (SSSR count). The standard InChI is InChI=1S/C23H23NS2/c1-2-3-4-8-11-20-14-19-16-22(26-23(19)25-20)18-12-13-24-21(15-18)17-9-6-5-7-10-17/h5-7,9-10,12-16H,2-4,8,11H2,1H3. The van der Waals surface area contributed by atoms with Gasteiger partial charge in [0.25, 0.3) is 0 Å². The first-order valence-corrected chi connectivity index (χ1v) is 11.0. The second-order valence-corrected chi connectivity index (χ2v) is 9.12. The van der Waals surface area contributed by atoms with E-state index in [1.807, 2.05) is 34.9 Å². The summed E-state index contributed by atoms with van der Waals surface area (Å²) in [5, 5.41) is 1.40. The average Bonchev–Trinajstić information content (AvgIpc) is 3.25. The van der Waals surface area contributed by atoms with Crippen LogP contribution in [-0.4, -0.2) is 4.98 Å². The third-order valence-corrected chi connectivity index (χ3v) is 7.16. The fourth-order valence-corrected chi connectivity index (χ4v) is 5.76. The van der Waals surface area contributed by atoms with Gasteiger partial charge in [-0.25, -0.2) is 0 Å². The highest BCUT2D eigenvalue weighted by atomic mass is 32.2. The Morgan fingerprint density at radius 1 is 0.846 bits per heavy atom. The number of aryl methyl sites for hydroxylation is 1. The van der Waals surface area contributed by atoms with E-state index in [1.165, 1.54) is 62.4 Å². The predicted molar refractivity (Wildman–Crippen MR) is 116 cm³/mol. The van der Waals surface area contributed by atoms with Crippen molar-refractivity contribution in [1.82, 2.24) is 4.98 Å². The van der Waals surface area contributed by atoms with Gasteiger partial charge in [0.2, 0.25) is 0 Å². The molecule has 0 aliphatic rings. The van der Waals surface area contributed by atoms with E-state index in [2.05, 4.69) is 60.4 Å². The molecule has 0 amide bonds. The van der Waals surface area contributed by atoms with E-state index in [4.69, 9.17) is 0 Å². The van der Waals surface area contributed by atoms with Gasteiger partial charge in [0.05, 0.1) is 9.71 Å². The molecule has 1 aromatic carbocycles. The Hall–Kier alpha value is -1.97. The van der Waals surface area contributed by atoms with Crippen LogP contribution in [-0.2, 0) is 6.42 Å². The summed E-state index contributed by atoms with van der Waals surface area (Å²) >= 11 is 3.88. The highest BCUT2D eigenvalue weighted by molar-refractivity contribution is 7.39. The van der Waals surface area contributed by atoms with E-state index in [0.717, 1.165) is 5.69 Å². The molecule has 0 atom stereocenters. The van der Waals surface area contributed by atoms with E-state index in [0.29, 0.717) is 0 Å². The van der Waals surface area contributed by atoms with Crippen molar-refractivity contribution < 1.29 is 0 Å². The van der Waals surface area contributed by atoms with E-state index in [9.17, 15) is 0 Å². The van der Waals surface area contributed by atoms with Crippen LogP contribution < -0.4 is 0 Å². The first-order valence-electron chi connectivity index (χ1n) is 9.37. The van der Waals surface area contributed by atoms with Crippen LogP contribution in [0.15, 0.2) is 60.8 Å². The number of hydrogen-bond donors (Lipinski definition) is 0. The molecule has 0 saturated heterocycles. The van der Waals surface area contributed by atoms with Gasteiger partial charge in [0.15, 0.2) is 0 Å². The lowest BCUT2D eigenvalue weighted by Gasteiger charge is -2.03. The van der Waals surface area contributed by atoms with E-state index < -0.39 is 0 Å². The molecule has 0 bridgehead atoms. The Balaban J connectivity index is 1.55. The van der Waals surface area contributed by atoms with Crippen molar-refractivity contribution in [2.75, 3.05) is 0 Å². The Kier molecular flexibility index (Phi) is 5.47. The molecule has 0 aliphatic heterocycles. The first kappa shape index (κ1) is 17.4. The van der Waals surface area contributed by atoms with Gasteiger partial charge in [-0.3, -0.25) is 4.98 Å². The fourth-order valence-electron chi connectivity index (χ4n) is 3.23. The monoisotopic (exact) mass is 377 g/mol. The van der Waals surface area contributed by atoms with Crippen molar-refractivity contribution in [3.8, 4) is 21.7 Å². The molecule has 1 nitrogen and oxygen atoms in total. The maximum atomic E-state index is 4.55. The van der Waals surface area contributed by atoms with Crippen LogP contribution >= 0.6 is 22.7 Å². The van der Waals surface area contributed by atoms with E-state index in [-0.39, 0.29) is 0 Å². The maximum Gasteiger partial charge on any atom is 0.0874 e. The zero-order valence-corrected chi connectivity index (χ0v) is 16.7. The number of fused-ring (bicyclic) bond motifs is 1. The smallest absolute Gasteiger partial charge is 0.0874 e. The van der Waals surface area contributed by atoms with Crippen LogP contribution in [0.2, 0.25) is 0 Å². The number of aromatic nitrogens is 1. The van der Waals surface area contributed by atoms with Crippen LogP contribution in [0.4, 0.5) is 0 Å². The van der Waals surface area contributed by atoms with Gasteiger partial charge in [0, 0.05) is 26.9 Å². The summed E-state index contributed by atoms with van der Waals surface area (Å²) in [7, 11) is 0. The number of thiophene rings is 2. The fraction of sp³-hybridized carbons (Fsp3) is 0.261. The quantitative estimate of drug-likeness (QED) is 0.299. The van der Waals surface area contributed by atoms with Gasteiger partial charge in [0.1, 0.15) is 0 Å². The summed E-state index contributed by atoms with van der Waals surface area (Å²) in [5.41, 5.74) is 3.47. The molecule has 3 heterocycles. The van der Waals surface area contributed by atoms with Crippen LogP contribution in [0.5, 0.6) is 0 Å². The van der Waals surface area contributed by atoms with Crippen molar-refractivity contribution in [1.29, 1.82) is 0 Å². The maximum absolute atomic E-state index is 4.55. The second-order valence-electron chi connectivity index (χ2n) is 6.67. The molecular formula is C23H23NS2. The molecule has 0 spiro atoms. The van der Waals surface area contributed by atoms with Gasteiger partial charge in [-0.15, -0.1) is 22.7 Å². The molecule has 26 heavy (non-hydrogen) atoms. The Labute approximate surface area is 163 Å². The average molecular weight is 378 g/mol. The Bertz CT molecular complexity index is 950. The van der Waals surface area contributed by atoms with Crippen molar-refractivity contribution in [2.45, 2.75) is 39.0 Å². The minimum Gasteiger partial charge on any atom is -0.256 e. The number of unbranched alkanes of at least 4 members (excludes halogenated alkanes) is 3. The predicted octanol–water partition coefficient (Wildman–Crippen LogP) is 7.81. The largest absolute Gasteiger partial charge is 0.256 e. The lowest BCUT2D eigenvalue weighted by atomic mass is 10.1. The van der Waals surface area contributed by atoms with Crippen molar-refractivity contribution in [3.63, 3.8) is 0 Å². The van der Waals surface area contributed by atoms with E-state index in [1.54, 1.807) is 0 Å². The molecule has 3 heteroatoms. The van der Waals surface area contributed by atoms with Gasteiger partial charge < -0.3 is 0 Å². The molecular weight excluding hydrogens is 354 g/mol. The van der Waals surface area contributed by atoms with E-state index >= 15 is 0 Å². The summed E-state index contributed by atoms with van der Waals surface area (Å²) in [5.74, 6) is 0. The Morgan fingerprint density at radius 3 is 2.54 bits per heavy atom. The van der Waals surface area contributed by atoms with Gasteiger partial charge in [-0.1, -0.05) is 56.5 Å². The SMILES string of the molecule is CCCCCCc1cc2cc(-c3ccnc(-c4ccccc4)c3)sc2s1. The number of hydrogen-bond acceptors (Lipinski definition) is 3. The Morgan fingerprint density at radius 2 is 1.73 bits per heavy atom. The minimum absolute atomic E-state index is 1.04. The lowest BCUT2D eigenvalue weighted by Crippen LogP contribution is -1.83. The van der Waals surface area contributed by atoms with Crippen molar-refractivity contribution in [3.05, 3.63) is 65.7 Å². The number of rotatable bonds is 7. The molecule has 0 unspecified atom stereocenters. The van der Waals surface area contributed by atoms with Crippen LogP contribution in [0.1, 0.15) is 37.5 Å². The van der Waals surface area contributed by atoms with Crippen LogP contribution in [0.25, 0.3) is 31.1 Å². The molecule has 3 aromatic heterocycles. The van der Waals surface area contributed by atoms with Gasteiger partial charge in [-0.05, 0) is 42.7 Å². The third-order valence-electron chi connectivity index (χ3n) is 4.66. The summed E-state index contributed by atoms with van der Waals surface area (Å²) in [4.78, 5) is 7.42. The van der Waals surface area contributed by atoms with Crippen LogP contribution in [0, 0.1) is 0 Å². The number of nitrogens with zero attached hydrogens (tertiary/aromatic N) is 1. The normalized spacial score (nSPS) is 11.3. The summed E-state index contributed by atoms with van der Waals surface area (Å²) < 4.78 is 1.45. The number of benzene rings is 1. The zero-order chi connectivity index (χ0) is 17.8. The van der Waals surface area contributed by atoms with Crippen LogP contribution in [0.3, 0.4) is 0 Å². The topological polar surface area (TPSA) is 12.9 Å². The third kappa shape index (κ3) is 3.89. The molecule has 0 N–H and O–H groups in total. The molecule has 4 aromatic rings. The van der Waals surface area contributed by atoms with Crippen molar-refractivity contribution >= 4 is 32.1 Å². The van der Waals surface area contributed by atoms with Gasteiger partial charge >= 0.3 is 0 Å². The van der Waals surface area contributed by atoms with Crippen molar-refractivity contribution in [2.24, 2.45) is 0 Å². The zero-order valence-electron chi connectivity index (χ0n) is 15.1. The summed E-state index contributed by atoms with van der Waals surface area (Å²) in [6.45, 7) is 2.27. The summed E-state index contributed by atoms with van der Waals surface area (Å²) in [6, 6.07) is 19.5. The minimum atomic E-state index is 1.04. The number of pyridine rings is 1. The highest BCUT2D eigenvalue weighted by Crippen LogP contribution is 2.39. The van der Waals surface area contributed by atoms with Gasteiger partial charge in [-0.2, -0.15) is 0 Å². The molecule has 0 aliphatic carbocycles. The molecule has 0 radical (unpaired) electrons. The molecule has 0 fully saturated rings. The summed E-state index contributed by atoms with van der Waals surface area (Å²) in [6.07, 6.45) is 8.49. The first-order chi connectivity index (χ1) is 12.8.